The summed E-state index contributed by atoms with van der Waals surface area (Å²) in [5, 5.41) is 3.63. The van der Waals surface area contributed by atoms with E-state index < -0.39 is 0 Å². The molecule has 2 aliphatic rings. The van der Waals surface area contributed by atoms with E-state index in [1.807, 2.05) is 6.07 Å². The molecule has 2 aliphatic heterocycles. The zero-order valence-corrected chi connectivity index (χ0v) is 12.3. The van der Waals surface area contributed by atoms with Crippen LogP contribution in [0.3, 0.4) is 0 Å². The highest BCUT2D eigenvalue weighted by atomic mass is 16.6. The quantitative estimate of drug-likeness (QED) is 0.853. The Hall–Kier alpha value is -1.70. The van der Waals surface area contributed by atoms with Crippen LogP contribution in [0.5, 0.6) is 11.5 Å². The lowest BCUT2D eigenvalue weighted by Gasteiger charge is -2.31. The Bertz CT molecular complexity index is 516. The summed E-state index contributed by atoms with van der Waals surface area (Å²) in [7, 11) is 0. The third-order valence-electron chi connectivity index (χ3n) is 4.10. The summed E-state index contributed by atoms with van der Waals surface area (Å²) in [6, 6.07) is 6.76. The second-order valence-corrected chi connectivity index (χ2v) is 5.61. The Morgan fingerprint density at radius 1 is 1.19 bits per heavy atom. The molecule has 0 bridgehead atoms. The highest BCUT2D eigenvalue weighted by Gasteiger charge is 2.18. The fourth-order valence-corrected chi connectivity index (χ4v) is 2.88. The molecule has 0 saturated carbocycles. The van der Waals surface area contributed by atoms with Gasteiger partial charge in [-0.25, -0.2) is 0 Å². The van der Waals surface area contributed by atoms with E-state index in [1.165, 1.54) is 5.56 Å². The summed E-state index contributed by atoms with van der Waals surface area (Å²) in [4.78, 5) is 2.34. The molecule has 0 radical (unpaired) electrons. The van der Waals surface area contributed by atoms with Crippen LogP contribution in [0.25, 0.3) is 0 Å². The molecule has 0 atom stereocenters. The lowest BCUT2D eigenvalue weighted by atomic mass is 10.0. The van der Waals surface area contributed by atoms with Crippen molar-refractivity contribution in [2.75, 3.05) is 32.8 Å². The van der Waals surface area contributed by atoms with Crippen molar-refractivity contribution in [1.29, 1.82) is 0 Å². The molecule has 1 aromatic rings. The van der Waals surface area contributed by atoms with Crippen molar-refractivity contribution < 1.29 is 9.47 Å². The lowest BCUT2D eigenvalue weighted by molar-refractivity contribution is 0.171. The zero-order valence-electron chi connectivity index (χ0n) is 12.3. The van der Waals surface area contributed by atoms with E-state index in [-0.39, 0.29) is 0 Å². The van der Waals surface area contributed by atoms with Gasteiger partial charge in [-0.2, -0.15) is 0 Å². The lowest BCUT2D eigenvalue weighted by Crippen LogP contribution is -2.42. The predicted molar refractivity (Wildman–Crippen MR) is 82.6 cm³/mol. The first-order valence-corrected chi connectivity index (χ1v) is 7.63. The molecule has 0 spiro atoms. The Kier molecular flexibility index (Phi) is 4.64. The number of nitrogens with zero attached hydrogens (tertiary/aromatic N) is 1. The van der Waals surface area contributed by atoms with Gasteiger partial charge in [-0.15, -0.1) is 6.42 Å². The number of hydrogen-bond acceptors (Lipinski definition) is 4. The average molecular weight is 286 g/mol. The predicted octanol–water partition coefficient (Wildman–Crippen LogP) is 1.64. The van der Waals surface area contributed by atoms with Gasteiger partial charge in [0, 0.05) is 25.7 Å². The third kappa shape index (κ3) is 3.69. The van der Waals surface area contributed by atoms with Crippen LogP contribution in [-0.4, -0.2) is 43.8 Å². The SMILES string of the molecule is C#CCN1CCC(NCc2ccc3c(c2)OCCO3)CC1. The number of piperidine rings is 1. The highest BCUT2D eigenvalue weighted by Crippen LogP contribution is 2.30. The zero-order chi connectivity index (χ0) is 14.5. The van der Waals surface area contributed by atoms with Crippen LogP contribution >= 0.6 is 0 Å². The molecule has 1 N–H and O–H groups in total. The summed E-state index contributed by atoms with van der Waals surface area (Å²) in [5.41, 5.74) is 1.24. The average Bonchev–Trinajstić information content (AvgIpc) is 2.54. The molecule has 21 heavy (non-hydrogen) atoms. The minimum Gasteiger partial charge on any atom is -0.486 e. The molecule has 0 unspecified atom stereocenters. The molecule has 112 valence electrons. The molecule has 0 aromatic heterocycles. The van der Waals surface area contributed by atoms with Gasteiger partial charge in [0.05, 0.1) is 6.54 Å². The van der Waals surface area contributed by atoms with Crippen LogP contribution in [-0.2, 0) is 6.54 Å². The van der Waals surface area contributed by atoms with Gasteiger partial charge in [-0.3, -0.25) is 4.90 Å². The van der Waals surface area contributed by atoms with Gasteiger partial charge in [0.2, 0.25) is 0 Å². The van der Waals surface area contributed by atoms with Gasteiger partial charge in [0.15, 0.2) is 11.5 Å². The Morgan fingerprint density at radius 2 is 1.95 bits per heavy atom. The smallest absolute Gasteiger partial charge is 0.161 e. The fourth-order valence-electron chi connectivity index (χ4n) is 2.88. The van der Waals surface area contributed by atoms with E-state index in [1.54, 1.807) is 0 Å². The maximum atomic E-state index is 5.62. The second-order valence-electron chi connectivity index (χ2n) is 5.61. The summed E-state index contributed by atoms with van der Waals surface area (Å²) in [5.74, 6) is 4.44. The molecule has 4 heteroatoms. The first-order valence-electron chi connectivity index (χ1n) is 7.63. The standard InChI is InChI=1S/C17H22N2O2/c1-2-7-19-8-5-15(6-9-19)18-13-14-3-4-16-17(12-14)21-11-10-20-16/h1,3-4,12,15,18H,5-11,13H2. The molecule has 1 saturated heterocycles. The van der Waals surface area contributed by atoms with Crippen molar-refractivity contribution in [3.05, 3.63) is 23.8 Å². The molecule has 1 fully saturated rings. The van der Waals surface area contributed by atoms with Gasteiger partial charge in [0.1, 0.15) is 13.2 Å². The van der Waals surface area contributed by atoms with E-state index in [9.17, 15) is 0 Å². The first-order chi connectivity index (χ1) is 10.3. The number of rotatable bonds is 4. The molecule has 0 amide bonds. The third-order valence-corrected chi connectivity index (χ3v) is 4.10. The Balaban J connectivity index is 1.49. The first kappa shape index (κ1) is 14.2. The molecule has 4 nitrogen and oxygen atoms in total. The van der Waals surface area contributed by atoms with Gasteiger partial charge in [0.25, 0.3) is 0 Å². The van der Waals surface area contributed by atoms with Crippen molar-refractivity contribution in [2.45, 2.75) is 25.4 Å². The van der Waals surface area contributed by atoms with Gasteiger partial charge in [-0.05, 0) is 30.5 Å². The highest BCUT2D eigenvalue weighted by molar-refractivity contribution is 5.43. The molecule has 2 heterocycles. The van der Waals surface area contributed by atoms with Crippen molar-refractivity contribution in [1.82, 2.24) is 10.2 Å². The van der Waals surface area contributed by atoms with E-state index in [2.05, 4.69) is 28.3 Å². The number of terminal acetylenes is 1. The molecular formula is C17H22N2O2. The molecule has 1 aromatic carbocycles. The van der Waals surface area contributed by atoms with Crippen LogP contribution in [0.4, 0.5) is 0 Å². The van der Waals surface area contributed by atoms with Crippen molar-refractivity contribution in [3.8, 4) is 23.8 Å². The topological polar surface area (TPSA) is 33.7 Å². The van der Waals surface area contributed by atoms with Gasteiger partial charge in [-0.1, -0.05) is 12.0 Å². The largest absolute Gasteiger partial charge is 0.486 e. The maximum Gasteiger partial charge on any atom is 0.161 e. The van der Waals surface area contributed by atoms with Crippen molar-refractivity contribution >= 4 is 0 Å². The summed E-state index contributed by atoms with van der Waals surface area (Å²) in [6.45, 7) is 5.09. The fraction of sp³-hybridized carbons (Fsp3) is 0.529. The summed E-state index contributed by atoms with van der Waals surface area (Å²) >= 11 is 0. The van der Waals surface area contributed by atoms with Crippen LogP contribution in [0.15, 0.2) is 18.2 Å². The number of ether oxygens (including phenoxy) is 2. The van der Waals surface area contributed by atoms with Crippen LogP contribution in [0.1, 0.15) is 18.4 Å². The molecular weight excluding hydrogens is 264 g/mol. The minimum atomic E-state index is 0.576. The van der Waals surface area contributed by atoms with Gasteiger partial charge >= 0.3 is 0 Å². The Morgan fingerprint density at radius 3 is 2.71 bits per heavy atom. The van der Waals surface area contributed by atoms with E-state index in [4.69, 9.17) is 15.9 Å². The maximum absolute atomic E-state index is 5.62. The normalized spacial score (nSPS) is 19.2. The monoisotopic (exact) mass is 286 g/mol. The number of hydrogen-bond donors (Lipinski definition) is 1. The van der Waals surface area contributed by atoms with Crippen molar-refractivity contribution in [3.63, 3.8) is 0 Å². The minimum absolute atomic E-state index is 0.576. The summed E-state index contributed by atoms with van der Waals surface area (Å²) in [6.07, 6.45) is 7.67. The number of fused-ring (bicyclic) bond motifs is 1. The Labute approximate surface area is 126 Å². The van der Waals surface area contributed by atoms with Crippen LogP contribution in [0, 0.1) is 12.3 Å². The van der Waals surface area contributed by atoms with E-state index >= 15 is 0 Å². The van der Waals surface area contributed by atoms with E-state index in [0.717, 1.165) is 50.5 Å². The number of likely N-dealkylation sites (tertiary alicyclic amines) is 1. The van der Waals surface area contributed by atoms with E-state index in [0.29, 0.717) is 19.3 Å². The number of nitrogens with one attached hydrogen (secondary N) is 1. The van der Waals surface area contributed by atoms with Crippen LogP contribution < -0.4 is 14.8 Å². The van der Waals surface area contributed by atoms with Crippen molar-refractivity contribution in [2.24, 2.45) is 0 Å². The van der Waals surface area contributed by atoms with Gasteiger partial charge < -0.3 is 14.8 Å². The summed E-state index contributed by atoms with van der Waals surface area (Å²) < 4.78 is 11.2. The molecule has 0 aliphatic carbocycles. The van der Waals surface area contributed by atoms with Crippen LogP contribution in [0.2, 0.25) is 0 Å². The second kappa shape index (κ2) is 6.84. The molecule has 3 rings (SSSR count). The number of benzene rings is 1.